The summed E-state index contributed by atoms with van der Waals surface area (Å²) in [5.41, 5.74) is 8.07. The normalized spacial score (nSPS) is 16.2. The van der Waals surface area contributed by atoms with Gasteiger partial charge in [0.2, 0.25) is 5.88 Å². The summed E-state index contributed by atoms with van der Waals surface area (Å²) in [5.74, 6) is -2.85. The second-order valence-corrected chi connectivity index (χ2v) is 6.07. The van der Waals surface area contributed by atoms with Gasteiger partial charge in [0.05, 0.1) is 5.69 Å². The van der Waals surface area contributed by atoms with Crippen molar-refractivity contribution in [2.45, 2.75) is 31.7 Å². The van der Waals surface area contributed by atoms with E-state index in [2.05, 4.69) is 4.98 Å². The maximum atomic E-state index is 13.3. The maximum absolute atomic E-state index is 13.3. The van der Waals surface area contributed by atoms with Crippen molar-refractivity contribution < 1.29 is 13.9 Å². The van der Waals surface area contributed by atoms with Gasteiger partial charge in [-0.25, -0.2) is 13.8 Å². The van der Waals surface area contributed by atoms with Gasteiger partial charge in [-0.15, -0.1) is 0 Å². The molecule has 0 fully saturated rings. The molecule has 0 aliphatic heterocycles. The van der Waals surface area contributed by atoms with E-state index in [0.717, 1.165) is 5.56 Å². The van der Waals surface area contributed by atoms with E-state index < -0.39 is 11.5 Å². The summed E-state index contributed by atoms with van der Waals surface area (Å²) in [5, 5.41) is 9.75. The topological polar surface area (TPSA) is 59.1 Å². The summed E-state index contributed by atoms with van der Waals surface area (Å²) in [4.78, 5) is 4.06. The molecule has 1 aliphatic carbocycles. The largest absolute Gasteiger partial charge is 0.493 e. The first kappa shape index (κ1) is 13.9. The fourth-order valence-electron chi connectivity index (χ4n) is 2.52. The van der Waals surface area contributed by atoms with Gasteiger partial charge in [-0.05, 0) is 37.1 Å². The molecule has 0 saturated carbocycles. The van der Waals surface area contributed by atoms with Crippen LogP contribution in [0.25, 0.3) is 11.3 Å². The average molecular weight is 290 g/mol. The Kier molecular flexibility index (Phi) is 2.82. The van der Waals surface area contributed by atoms with Crippen LogP contribution in [0.3, 0.4) is 0 Å². The maximum Gasteiger partial charge on any atom is 0.277 e. The summed E-state index contributed by atoms with van der Waals surface area (Å²) in [7, 11) is 0. The van der Waals surface area contributed by atoms with Crippen LogP contribution in [0.5, 0.6) is 5.88 Å². The number of hydrogen-bond acceptors (Lipinski definition) is 3. The number of pyridine rings is 1. The molecule has 0 amide bonds. The molecule has 0 atom stereocenters. The smallest absolute Gasteiger partial charge is 0.277 e. The van der Waals surface area contributed by atoms with Crippen molar-refractivity contribution in [2.24, 2.45) is 5.73 Å². The Morgan fingerprint density at radius 1 is 1.24 bits per heavy atom. The van der Waals surface area contributed by atoms with Gasteiger partial charge in [-0.1, -0.05) is 12.1 Å². The number of aromatic hydroxyl groups is 1. The Morgan fingerprint density at radius 2 is 1.95 bits per heavy atom. The molecule has 1 heterocycles. The molecular formula is C16H16F2N2O. The van der Waals surface area contributed by atoms with Crippen LogP contribution in [0, 0.1) is 0 Å². The zero-order chi connectivity index (χ0) is 15.4. The number of alkyl halides is 2. The van der Waals surface area contributed by atoms with E-state index in [9.17, 15) is 13.9 Å². The number of nitrogens with two attached hydrogens (primary N) is 1. The highest BCUT2D eigenvalue weighted by atomic mass is 19.3. The Morgan fingerprint density at radius 3 is 2.52 bits per heavy atom. The van der Waals surface area contributed by atoms with Crippen LogP contribution >= 0.6 is 0 Å². The standard InChI is InChI=1S/C16H16F2N2O/c1-15(2,19)11-6-13(20-14(21)7-11)9-3-4-12-10(5-9)8-16(12,17)18/h3-7H,8,19H2,1-2H3,(H,20,21). The number of fused-ring (bicyclic) bond motifs is 1. The highest BCUT2D eigenvalue weighted by Crippen LogP contribution is 2.45. The van der Waals surface area contributed by atoms with Crippen LogP contribution in [-0.4, -0.2) is 10.1 Å². The summed E-state index contributed by atoms with van der Waals surface area (Å²) in [6.07, 6.45) is -0.246. The van der Waals surface area contributed by atoms with Crippen molar-refractivity contribution in [2.75, 3.05) is 0 Å². The quantitative estimate of drug-likeness (QED) is 0.892. The molecule has 3 nitrogen and oxygen atoms in total. The van der Waals surface area contributed by atoms with Crippen molar-refractivity contribution >= 4 is 0 Å². The number of hydrogen-bond donors (Lipinski definition) is 2. The van der Waals surface area contributed by atoms with Crippen molar-refractivity contribution in [1.29, 1.82) is 0 Å². The predicted molar refractivity (Wildman–Crippen MR) is 76.1 cm³/mol. The van der Waals surface area contributed by atoms with Gasteiger partial charge in [0, 0.05) is 29.2 Å². The van der Waals surface area contributed by atoms with Crippen molar-refractivity contribution in [3.8, 4) is 17.1 Å². The molecule has 1 aliphatic rings. The minimum absolute atomic E-state index is 0.0748. The number of benzene rings is 1. The van der Waals surface area contributed by atoms with E-state index >= 15 is 0 Å². The zero-order valence-corrected chi connectivity index (χ0v) is 11.8. The first-order valence-electron chi connectivity index (χ1n) is 6.69. The second kappa shape index (κ2) is 4.24. The number of rotatable bonds is 2. The van der Waals surface area contributed by atoms with Crippen molar-refractivity contribution in [3.63, 3.8) is 0 Å². The first-order valence-corrected chi connectivity index (χ1v) is 6.69. The molecule has 3 N–H and O–H groups in total. The highest BCUT2D eigenvalue weighted by molar-refractivity contribution is 5.64. The van der Waals surface area contributed by atoms with Gasteiger partial charge in [0.1, 0.15) is 0 Å². The van der Waals surface area contributed by atoms with Crippen LogP contribution in [0.4, 0.5) is 8.78 Å². The van der Waals surface area contributed by atoms with Gasteiger partial charge >= 0.3 is 0 Å². The average Bonchev–Trinajstić information content (AvgIpc) is 2.35. The molecule has 1 aromatic heterocycles. The lowest BCUT2D eigenvalue weighted by molar-refractivity contribution is -0.0287. The van der Waals surface area contributed by atoms with Crippen molar-refractivity contribution in [3.05, 3.63) is 47.0 Å². The molecule has 1 aromatic carbocycles. The third-order valence-corrected chi connectivity index (χ3v) is 3.76. The molecular weight excluding hydrogens is 274 g/mol. The SMILES string of the molecule is CC(C)(N)c1cc(O)nc(-c2ccc3c(c2)CC3(F)F)c1. The van der Waals surface area contributed by atoms with Crippen LogP contribution in [0.1, 0.15) is 30.5 Å². The molecule has 0 bridgehead atoms. The first-order chi connectivity index (χ1) is 9.67. The molecule has 0 unspecified atom stereocenters. The third kappa shape index (κ3) is 2.38. The highest BCUT2D eigenvalue weighted by Gasteiger charge is 2.43. The lowest BCUT2D eigenvalue weighted by Gasteiger charge is -2.30. The van der Waals surface area contributed by atoms with Gasteiger partial charge in [-0.3, -0.25) is 0 Å². The monoisotopic (exact) mass is 290 g/mol. The van der Waals surface area contributed by atoms with Gasteiger partial charge in [0.25, 0.3) is 5.92 Å². The van der Waals surface area contributed by atoms with E-state index in [-0.39, 0.29) is 17.9 Å². The van der Waals surface area contributed by atoms with Crippen LogP contribution in [0.2, 0.25) is 0 Å². The molecule has 3 rings (SSSR count). The third-order valence-electron chi connectivity index (χ3n) is 3.76. The van der Waals surface area contributed by atoms with Crippen molar-refractivity contribution in [1.82, 2.24) is 4.98 Å². The van der Waals surface area contributed by atoms with E-state index in [1.807, 2.05) is 13.8 Å². The fraction of sp³-hybridized carbons (Fsp3) is 0.312. The molecule has 0 radical (unpaired) electrons. The number of nitrogens with zero attached hydrogens (tertiary/aromatic N) is 1. The van der Waals surface area contributed by atoms with E-state index in [4.69, 9.17) is 5.73 Å². The zero-order valence-electron chi connectivity index (χ0n) is 11.8. The molecule has 2 aromatic rings. The molecule has 0 spiro atoms. The van der Waals surface area contributed by atoms with E-state index in [1.165, 1.54) is 12.1 Å². The van der Waals surface area contributed by atoms with Crippen LogP contribution in [-0.2, 0) is 17.9 Å². The van der Waals surface area contributed by atoms with Crippen LogP contribution < -0.4 is 5.73 Å². The molecule has 21 heavy (non-hydrogen) atoms. The van der Waals surface area contributed by atoms with Gasteiger partial charge in [0.15, 0.2) is 0 Å². The fourth-order valence-corrected chi connectivity index (χ4v) is 2.52. The minimum atomic E-state index is -2.72. The Bertz CT molecular complexity index is 721. The summed E-state index contributed by atoms with van der Waals surface area (Å²) in [6, 6.07) is 8.01. The Labute approximate surface area is 121 Å². The molecule has 5 heteroatoms. The summed E-state index contributed by atoms with van der Waals surface area (Å²) >= 11 is 0. The number of halogens is 2. The Balaban J connectivity index is 2.06. The molecule has 0 saturated heterocycles. The van der Waals surface area contributed by atoms with E-state index in [1.54, 1.807) is 18.2 Å². The lowest BCUT2D eigenvalue weighted by Crippen LogP contribution is -2.29. The predicted octanol–water partition coefficient (Wildman–Crippen LogP) is 3.30. The molecule has 110 valence electrons. The van der Waals surface area contributed by atoms with E-state index in [0.29, 0.717) is 16.8 Å². The van der Waals surface area contributed by atoms with Crippen LogP contribution in [0.15, 0.2) is 30.3 Å². The Hall–Kier alpha value is -2.01. The van der Waals surface area contributed by atoms with Gasteiger partial charge in [-0.2, -0.15) is 0 Å². The number of aromatic nitrogens is 1. The minimum Gasteiger partial charge on any atom is -0.493 e. The summed E-state index contributed by atoms with van der Waals surface area (Å²) < 4.78 is 26.6. The summed E-state index contributed by atoms with van der Waals surface area (Å²) in [6.45, 7) is 3.65. The second-order valence-electron chi connectivity index (χ2n) is 6.07. The lowest BCUT2D eigenvalue weighted by atomic mass is 9.83. The van der Waals surface area contributed by atoms with Gasteiger partial charge < -0.3 is 10.8 Å².